The van der Waals surface area contributed by atoms with Crippen molar-refractivity contribution < 1.29 is 80.2 Å². The summed E-state index contributed by atoms with van der Waals surface area (Å²) in [5, 5.41) is 10.6. The Labute approximate surface area is 556 Å². The Morgan fingerprint density at radius 3 is 0.835 bits per heavy atom. The predicted octanol–water partition coefficient (Wildman–Crippen LogP) is 20.6. The third kappa shape index (κ3) is 63.9. The summed E-state index contributed by atoms with van der Waals surface area (Å²) in [5.41, 5.74) is 0. The van der Waals surface area contributed by atoms with Crippen molar-refractivity contribution in [3.05, 3.63) is 0 Å². The molecule has 0 radical (unpaired) electrons. The summed E-state index contributed by atoms with van der Waals surface area (Å²) >= 11 is 0. The summed E-state index contributed by atoms with van der Waals surface area (Å²) < 4.78 is 68.3. The predicted molar refractivity (Wildman–Crippen MR) is 368 cm³/mol. The molecule has 0 fully saturated rings. The molecule has 0 saturated heterocycles. The third-order valence-electron chi connectivity index (χ3n) is 17.4. The number of aliphatic hydroxyl groups is 1. The van der Waals surface area contributed by atoms with Crippen molar-refractivity contribution in [1.82, 2.24) is 0 Å². The van der Waals surface area contributed by atoms with Crippen molar-refractivity contribution >= 4 is 39.5 Å². The number of hydrogen-bond donors (Lipinski definition) is 3. The highest BCUT2D eigenvalue weighted by Gasteiger charge is 2.30. The zero-order valence-corrected chi connectivity index (χ0v) is 61.1. The second-order valence-corrected chi connectivity index (χ2v) is 29.8. The Balaban J connectivity index is 5.23. The molecule has 0 spiro atoms. The highest BCUT2D eigenvalue weighted by atomic mass is 31.2. The minimum Gasteiger partial charge on any atom is -0.462 e. The largest absolute Gasteiger partial charge is 0.472 e. The summed E-state index contributed by atoms with van der Waals surface area (Å²) in [5.74, 6) is 0.0806. The van der Waals surface area contributed by atoms with Crippen LogP contribution in [-0.2, 0) is 65.4 Å². The Kier molecular flexibility index (Phi) is 61.5. The van der Waals surface area contributed by atoms with Crippen LogP contribution < -0.4 is 0 Å². The third-order valence-corrected chi connectivity index (χ3v) is 19.3. The van der Waals surface area contributed by atoms with E-state index in [-0.39, 0.29) is 25.7 Å². The van der Waals surface area contributed by atoms with Gasteiger partial charge in [0.05, 0.1) is 26.4 Å². The van der Waals surface area contributed by atoms with Gasteiger partial charge < -0.3 is 33.8 Å². The fraction of sp³-hybridized carbons (Fsp3) is 0.944. The first kappa shape index (κ1) is 89.1. The number of esters is 4. The van der Waals surface area contributed by atoms with Crippen LogP contribution in [0.1, 0.15) is 363 Å². The van der Waals surface area contributed by atoms with Crippen LogP contribution in [0.5, 0.6) is 0 Å². The molecule has 0 rings (SSSR count). The Bertz CT molecular complexity index is 1790. The zero-order valence-electron chi connectivity index (χ0n) is 59.3. The first-order valence-electron chi connectivity index (χ1n) is 37.4. The van der Waals surface area contributed by atoms with Crippen LogP contribution >= 0.6 is 15.6 Å². The molecule has 0 saturated carbocycles. The number of phosphoric acid groups is 2. The van der Waals surface area contributed by atoms with E-state index in [0.717, 1.165) is 108 Å². The number of carbonyl (C=O) groups excluding carboxylic acids is 4. The maximum atomic E-state index is 13.0. The molecule has 19 heteroatoms. The Morgan fingerprint density at radius 2 is 0.560 bits per heavy atom. The number of ether oxygens (including phenoxy) is 4. The van der Waals surface area contributed by atoms with Crippen LogP contribution in [0.15, 0.2) is 0 Å². The van der Waals surface area contributed by atoms with Gasteiger partial charge >= 0.3 is 39.5 Å². The lowest BCUT2D eigenvalue weighted by Gasteiger charge is -2.21. The zero-order chi connectivity index (χ0) is 67.3. The van der Waals surface area contributed by atoms with Crippen LogP contribution in [0.3, 0.4) is 0 Å². The van der Waals surface area contributed by atoms with Gasteiger partial charge in [0.2, 0.25) is 0 Å². The molecule has 0 aliphatic carbocycles. The van der Waals surface area contributed by atoms with Gasteiger partial charge in [0.25, 0.3) is 0 Å². The van der Waals surface area contributed by atoms with E-state index >= 15 is 0 Å². The fourth-order valence-corrected chi connectivity index (χ4v) is 12.4. The summed E-state index contributed by atoms with van der Waals surface area (Å²) in [6.07, 6.45) is 47.4. The van der Waals surface area contributed by atoms with Gasteiger partial charge in [0, 0.05) is 25.7 Å². The maximum absolute atomic E-state index is 13.0. The molecule has 0 bridgehead atoms. The van der Waals surface area contributed by atoms with Crippen molar-refractivity contribution in [2.24, 2.45) is 17.8 Å². The quantitative estimate of drug-likeness (QED) is 0.0222. The second-order valence-electron chi connectivity index (χ2n) is 26.9. The van der Waals surface area contributed by atoms with Gasteiger partial charge in [-0.25, -0.2) is 9.13 Å². The van der Waals surface area contributed by atoms with Crippen LogP contribution in [-0.4, -0.2) is 96.7 Å². The van der Waals surface area contributed by atoms with E-state index < -0.39 is 97.5 Å². The van der Waals surface area contributed by atoms with Gasteiger partial charge in [-0.05, 0) is 43.4 Å². The van der Waals surface area contributed by atoms with E-state index in [1.807, 2.05) is 0 Å². The number of phosphoric ester groups is 2. The van der Waals surface area contributed by atoms with E-state index in [4.69, 9.17) is 37.0 Å². The number of unbranched alkanes of at least 4 members (excludes halogenated alkanes) is 36. The van der Waals surface area contributed by atoms with Gasteiger partial charge in [0.15, 0.2) is 12.2 Å². The monoisotopic (exact) mass is 1340 g/mol. The number of rotatable bonds is 70. The average molecular weight is 1340 g/mol. The molecule has 3 N–H and O–H groups in total. The molecule has 540 valence electrons. The van der Waals surface area contributed by atoms with E-state index in [0.29, 0.717) is 31.6 Å². The SMILES string of the molecule is CCCCCCCCCCCCCCCCCCCCC(=O)O[C@H](COC(=O)CCCCCCCCCCCCC(C)CC)COP(=O)(O)OC[C@@H](O)COP(=O)(O)OC[C@@H](COC(=O)CCCCCCCCC(C)C)OC(=O)CCCCCCCCC(C)CC. The molecule has 0 aliphatic rings. The van der Waals surface area contributed by atoms with Gasteiger partial charge in [-0.1, -0.05) is 312 Å². The smallest absolute Gasteiger partial charge is 0.462 e. The highest BCUT2D eigenvalue weighted by Crippen LogP contribution is 2.45. The van der Waals surface area contributed by atoms with Gasteiger partial charge in [-0.3, -0.25) is 37.3 Å². The lowest BCUT2D eigenvalue weighted by molar-refractivity contribution is -0.161. The summed E-state index contributed by atoms with van der Waals surface area (Å²) in [6, 6.07) is 0. The van der Waals surface area contributed by atoms with E-state index in [1.165, 1.54) is 167 Å². The van der Waals surface area contributed by atoms with Crippen LogP contribution in [0.4, 0.5) is 0 Å². The van der Waals surface area contributed by atoms with Gasteiger partial charge in [-0.15, -0.1) is 0 Å². The molecule has 0 aromatic heterocycles. The van der Waals surface area contributed by atoms with Crippen LogP contribution in [0, 0.1) is 17.8 Å². The fourth-order valence-electron chi connectivity index (χ4n) is 10.8. The van der Waals surface area contributed by atoms with Crippen molar-refractivity contribution in [3.63, 3.8) is 0 Å². The minimum absolute atomic E-state index is 0.102. The average Bonchev–Trinajstić information content (AvgIpc) is 2.96. The molecular formula is C72H140O17P2. The van der Waals surface area contributed by atoms with E-state index in [1.54, 1.807) is 0 Å². The second kappa shape index (κ2) is 62.8. The summed E-state index contributed by atoms with van der Waals surface area (Å²) in [4.78, 5) is 72.6. The molecule has 4 unspecified atom stereocenters. The minimum atomic E-state index is -4.95. The maximum Gasteiger partial charge on any atom is 0.472 e. The Hall–Kier alpha value is -1.94. The lowest BCUT2D eigenvalue weighted by Crippen LogP contribution is -2.30. The lowest BCUT2D eigenvalue weighted by atomic mass is 9.99. The summed E-state index contributed by atoms with van der Waals surface area (Å²) in [7, 11) is -9.90. The van der Waals surface area contributed by atoms with E-state index in [2.05, 4.69) is 48.5 Å². The molecule has 0 amide bonds. The normalized spacial score (nSPS) is 14.8. The van der Waals surface area contributed by atoms with Crippen LogP contribution in [0.25, 0.3) is 0 Å². The molecule has 0 heterocycles. The van der Waals surface area contributed by atoms with E-state index in [9.17, 15) is 43.2 Å². The standard InChI is InChI=1S/C72H140O17P2/c1-8-11-12-13-14-15-16-17-18-19-20-21-22-23-28-31-41-48-55-71(76)88-67(59-82-69(74)53-46-39-30-27-25-24-26-29-37-44-51-64(6)9-2)61-86-90(78,79)84-57-66(73)58-85-91(80,81)87-62-68(60-83-70(75)54-47-40-34-32-36-43-50-63(4)5)89-72(77)56-49-42-35-33-38-45-52-65(7)10-3/h63-68,73H,8-62H2,1-7H3,(H,78,79)(H,80,81)/t64?,65?,66-,67-,68-/m1/s1. The van der Waals surface area contributed by atoms with Gasteiger partial charge in [0.1, 0.15) is 19.3 Å². The number of aliphatic hydroxyl groups excluding tert-OH is 1. The van der Waals surface area contributed by atoms with Crippen molar-refractivity contribution in [1.29, 1.82) is 0 Å². The molecule has 0 aromatic carbocycles. The molecule has 0 aromatic rings. The van der Waals surface area contributed by atoms with Crippen molar-refractivity contribution in [2.45, 2.75) is 381 Å². The first-order valence-corrected chi connectivity index (χ1v) is 40.4. The first-order chi connectivity index (χ1) is 43.8. The summed E-state index contributed by atoms with van der Waals surface area (Å²) in [6.45, 7) is 11.8. The Morgan fingerprint density at radius 1 is 0.319 bits per heavy atom. The molecule has 17 nitrogen and oxygen atoms in total. The number of carbonyl (C=O) groups is 4. The topological polar surface area (TPSA) is 237 Å². The molecule has 0 aliphatic heterocycles. The number of hydrogen-bond acceptors (Lipinski definition) is 15. The van der Waals surface area contributed by atoms with Crippen LogP contribution in [0.2, 0.25) is 0 Å². The molecule has 91 heavy (non-hydrogen) atoms. The van der Waals surface area contributed by atoms with Crippen molar-refractivity contribution in [2.75, 3.05) is 39.6 Å². The highest BCUT2D eigenvalue weighted by molar-refractivity contribution is 7.47. The van der Waals surface area contributed by atoms with Crippen molar-refractivity contribution in [3.8, 4) is 0 Å². The van der Waals surface area contributed by atoms with Gasteiger partial charge in [-0.2, -0.15) is 0 Å². The molecule has 7 atom stereocenters. The molecular weight excluding hydrogens is 1200 g/mol.